The van der Waals surface area contributed by atoms with Crippen LogP contribution in [0.5, 0.6) is 0 Å². The first-order valence-corrected chi connectivity index (χ1v) is 5.76. The molecule has 0 aromatic heterocycles. The molecule has 1 rings (SSSR count). The molecule has 72 valence electrons. The third-order valence-electron chi connectivity index (χ3n) is 1.98. The fourth-order valence-corrected chi connectivity index (χ4v) is 2.10. The molecule has 0 aliphatic carbocycles. The largest absolute Gasteiger partial charge is 0.399 e. The second kappa shape index (κ2) is 5.18. The van der Waals surface area contributed by atoms with Gasteiger partial charge >= 0.3 is 0 Å². The molecule has 0 radical (unpaired) electrons. The van der Waals surface area contributed by atoms with Crippen molar-refractivity contribution in [3.8, 4) is 0 Å². The normalized spacial score (nSPS) is 12.8. The van der Waals surface area contributed by atoms with Gasteiger partial charge in [-0.2, -0.15) is 11.8 Å². The molecule has 0 aliphatic heterocycles. The van der Waals surface area contributed by atoms with Gasteiger partial charge in [0.15, 0.2) is 0 Å². The molecule has 1 aromatic carbocycles. The van der Waals surface area contributed by atoms with Crippen LogP contribution >= 0.6 is 11.8 Å². The van der Waals surface area contributed by atoms with Crippen LogP contribution in [0.2, 0.25) is 0 Å². The highest BCUT2D eigenvalue weighted by atomic mass is 32.2. The summed E-state index contributed by atoms with van der Waals surface area (Å²) in [6.07, 6.45) is 1.24. The van der Waals surface area contributed by atoms with Crippen LogP contribution in [0, 0.1) is 0 Å². The van der Waals surface area contributed by atoms with E-state index in [1.165, 1.54) is 17.7 Å². The predicted molar refractivity (Wildman–Crippen MR) is 62.0 cm³/mol. The topological polar surface area (TPSA) is 26.0 Å². The molecule has 0 fully saturated rings. The lowest BCUT2D eigenvalue weighted by Gasteiger charge is -2.10. The molecule has 2 N–H and O–H groups in total. The van der Waals surface area contributed by atoms with Crippen LogP contribution < -0.4 is 5.73 Å². The van der Waals surface area contributed by atoms with Crippen molar-refractivity contribution in [3.05, 3.63) is 29.8 Å². The number of thioether (sulfide) groups is 1. The van der Waals surface area contributed by atoms with Crippen LogP contribution in [-0.2, 0) is 0 Å². The van der Waals surface area contributed by atoms with Gasteiger partial charge in [0.25, 0.3) is 0 Å². The lowest BCUT2D eigenvalue weighted by atomic mass is 10.1. The lowest BCUT2D eigenvalue weighted by Crippen LogP contribution is -1.91. The number of anilines is 1. The van der Waals surface area contributed by atoms with Crippen molar-refractivity contribution in [2.75, 3.05) is 11.5 Å². The summed E-state index contributed by atoms with van der Waals surface area (Å²) in [6, 6.07) is 8.17. The molecule has 0 bridgehead atoms. The minimum absolute atomic E-state index is 0.584. The molecule has 0 aliphatic rings. The third-order valence-corrected chi connectivity index (χ3v) is 3.39. The average Bonchev–Trinajstić information content (AvgIpc) is 2.15. The van der Waals surface area contributed by atoms with Crippen LogP contribution in [-0.4, -0.2) is 5.75 Å². The second-order valence-electron chi connectivity index (χ2n) is 3.18. The van der Waals surface area contributed by atoms with Gasteiger partial charge in [-0.25, -0.2) is 0 Å². The van der Waals surface area contributed by atoms with Gasteiger partial charge in [-0.1, -0.05) is 19.1 Å². The van der Waals surface area contributed by atoms with Crippen molar-refractivity contribution >= 4 is 17.4 Å². The zero-order chi connectivity index (χ0) is 9.68. The summed E-state index contributed by atoms with van der Waals surface area (Å²) in [5.74, 6) is 1.23. The molecule has 0 saturated heterocycles. The molecular weight excluding hydrogens is 178 g/mol. The molecular formula is C11H17NS. The van der Waals surface area contributed by atoms with Gasteiger partial charge in [0.05, 0.1) is 0 Å². The summed E-state index contributed by atoms with van der Waals surface area (Å²) in [6.45, 7) is 4.45. The highest BCUT2D eigenvalue weighted by Gasteiger charge is 2.03. The van der Waals surface area contributed by atoms with E-state index in [0.717, 1.165) is 5.69 Å². The standard InChI is InChI=1S/C11H17NS/c1-3-8-13-9(2)10-4-6-11(12)7-5-10/h4-7,9H,3,8,12H2,1-2H3. The first-order valence-electron chi connectivity index (χ1n) is 4.71. The van der Waals surface area contributed by atoms with E-state index in [1.807, 2.05) is 23.9 Å². The predicted octanol–water partition coefficient (Wildman–Crippen LogP) is 3.47. The van der Waals surface area contributed by atoms with Crippen molar-refractivity contribution in [2.45, 2.75) is 25.5 Å². The van der Waals surface area contributed by atoms with E-state index >= 15 is 0 Å². The summed E-state index contributed by atoms with van der Waals surface area (Å²) in [7, 11) is 0. The van der Waals surface area contributed by atoms with Crippen LogP contribution in [0.4, 0.5) is 5.69 Å². The molecule has 0 heterocycles. The average molecular weight is 195 g/mol. The molecule has 0 amide bonds. The van der Waals surface area contributed by atoms with Crippen molar-refractivity contribution in [1.29, 1.82) is 0 Å². The monoisotopic (exact) mass is 195 g/mol. The van der Waals surface area contributed by atoms with Gasteiger partial charge in [0.2, 0.25) is 0 Å². The van der Waals surface area contributed by atoms with Crippen molar-refractivity contribution < 1.29 is 0 Å². The molecule has 1 aromatic rings. The Morgan fingerprint density at radius 2 is 1.92 bits per heavy atom. The first kappa shape index (κ1) is 10.5. The first-order chi connectivity index (χ1) is 6.24. The summed E-state index contributed by atoms with van der Waals surface area (Å²) < 4.78 is 0. The Morgan fingerprint density at radius 1 is 1.31 bits per heavy atom. The van der Waals surface area contributed by atoms with Crippen LogP contribution in [0.25, 0.3) is 0 Å². The Morgan fingerprint density at radius 3 is 2.46 bits per heavy atom. The minimum atomic E-state index is 0.584. The molecule has 2 heteroatoms. The Kier molecular flexibility index (Phi) is 4.16. The lowest BCUT2D eigenvalue weighted by molar-refractivity contribution is 1.06. The molecule has 1 unspecified atom stereocenters. The van der Waals surface area contributed by atoms with Gasteiger partial charge in [-0.05, 0) is 36.8 Å². The Labute approximate surface area is 84.7 Å². The fourth-order valence-electron chi connectivity index (χ4n) is 1.16. The number of nitrogens with two attached hydrogens (primary N) is 1. The fraction of sp³-hybridized carbons (Fsp3) is 0.455. The summed E-state index contributed by atoms with van der Waals surface area (Å²) in [4.78, 5) is 0. The Bertz CT molecular complexity index is 243. The van der Waals surface area contributed by atoms with Crippen molar-refractivity contribution in [2.24, 2.45) is 0 Å². The molecule has 1 atom stereocenters. The number of benzene rings is 1. The summed E-state index contributed by atoms with van der Waals surface area (Å²) in [5, 5.41) is 0.584. The van der Waals surface area contributed by atoms with Gasteiger partial charge in [0, 0.05) is 10.9 Å². The van der Waals surface area contributed by atoms with Gasteiger partial charge in [0.1, 0.15) is 0 Å². The van der Waals surface area contributed by atoms with Crippen LogP contribution in [0.15, 0.2) is 24.3 Å². The zero-order valence-corrected chi connectivity index (χ0v) is 9.10. The van der Waals surface area contributed by atoms with Gasteiger partial charge in [-0.3, -0.25) is 0 Å². The van der Waals surface area contributed by atoms with Crippen molar-refractivity contribution in [1.82, 2.24) is 0 Å². The Hall–Kier alpha value is -0.630. The van der Waals surface area contributed by atoms with E-state index in [-0.39, 0.29) is 0 Å². The maximum absolute atomic E-state index is 5.62. The molecule has 1 nitrogen and oxygen atoms in total. The van der Waals surface area contributed by atoms with Gasteiger partial charge < -0.3 is 5.73 Å². The summed E-state index contributed by atoms with van der Waals surface area (Å²) in [5.41, 5.74) is 7.83. The number of rotatable bonds is 4. The molecule has 0 spiro atoms. The molecule has 13 heavy (non-hydrogen) atoms. The van der Waals surface area contributed by atoms with Gasteiger partial charge in [-0.15, -0.1) is 0 Å². The van der Waals surface area contributed by atoms with E-state index in [1.54, 1.807) is 0 Å². The zero-order valence-electron chi connectivity index (χ0n) is 8.29. The Balaban J connectivity index is 2.55. The van der Waals surface area contributed by atoms with Crippen molar-refractivity contribution in [3.63, 3.8) is 0 Å². The van der Waals surface area contributed by atoms with E-state index in [0.29, 0.717) is 5.25 Å². The smallest absolute Gasteiger partial charge is 0.0314 e. The highest BCUT2D eigenvalue weighted by molar-refractivity contribution is 7.99. The second-order valence-corrected chi connectivity index (χ2v) is 4.63. The maximum Gasteiger partial charge on any atom is 0.0314 e. The maximum atomic E-state index is 5.62. The quantitative estimate of drug-likeness (QED) is 0.744. The molecule has 0 saturated carbocycles. The summed E-state index contributed by atoms with van der Waals surface area (Å²) >= 11 is 1.99. The SMILES string of the molecule is CCCSC(C)c1ccc(N)cc1. The highest BCUT2D eigenvalue weighted by Crippen LogP contribution is 2.28. The van der Waals surface area contributed by atoms with E-state index in [4.69, 9.17) is 5.73 Å². The van der Waals surface area contributed by atoms with Crippen LogP contribution in [0.1, 0.15) is 31.1 Å². The third kappa shape index (κ3) is 3.31. The number of hydrogen-bond donors (Lipinski definition) is 1. The number of nitrogen functional groups attached to an aromatic ring is 1. The van der Waals surface area contributed by atoms with E-state index < -0.39 is 0 Å². The minimum Gasteiger partial charge on any atom is -0.399 e. The van der Waals surface area contributed by atoms with Crippen LogP contribution in [0.3, 0.4) is 0 Å². The van der Waals surface area contributed by atoms with E-state index in [2.05, 4.69) is 26.0 Å². The van der Waals surface area contributed by atoms with E-state index in [9.17, 15) is 0 Å². The number of hydrogen-bond acceptors (Lipinski definition) is 2.